The van der Waals surface area contributed by atoms with E-state index in [-0.39, 0.29) is 6.04 Å². The lowest BCUT2D eigenvalue weighted by atomic mass is 10.00. The van der Waals surface area contributed by atoms with E-state index >= 15 is 0 Å². The van der Waals surface area contributed by atoms with Gasteiger partial charge in [-0.05, 0) is 30.5 Å². The molecule has 140 valence electrons. The molecular weight excluding hydrogens is 352 g/mol. The third-order valence-corrected chi connectivity index (χ3v) is 5.82. The highest BCUT2D eigenvalue weighted by molar-refractivity contribution is 7.88. The van der Waals surface area contributed by atoms with E-state index in [9.17, 15) is 8.42 Å². The second-order valence-electron chi connectivity index (χ2n) is 6.63. The normalized spacial score (nSPS) is 18.1. The summed E-state index contributed by atoms with van der Waals surface area (Å²) < 4.78 is 31.3. The quantitative estimate of drug-likeness (QED) is 0.797. The Bertz CT molecular complexity index is 899. The van der Waals surface area contributed by atoms with Crippen LogP contribution in [0.25, 0.3) is 11.1 Å². The Labute approximate surface area is 154 Å². The van der Waals surface area contributed by atoms with Gasteiger partial charge in [0.05, 0.1) is 25.1 Å². The van der Waals surface area contributed by atoms with Crippen LogP contribution in [0.2, 0.25) is 0 Å². The Balaban J connectivity index is 2.16. The molecule has 0 aliphatic carbocycles. The summed E-state index contributed by atoms with van der Waals surface area (Å²) in [5.74, 6) is 1.29. The van der Waals surface area contributed by atoms with Crippen LogP contribution in [0.5, 0.6) is 5.75 Å². The van der Waals surface area contributed by atoms with Crippen LogP contribution in [0.15, 0.2) is 30.5 Å². The fourth-order valence-corrected chi connectivity index (χ4v) is 4.41. The Morgan fingerprint density at radius 1 is 1.31 bits per heavy atom. The van der Waals surface area contributed by atoms with Gasteiger partial charge in [0, 0.05) is 32.4 Å². The van der Waals surface area contributed by atoms with Gasteiger partial charge in [-0.3, -0.25) is 0 Å². The Hall–Kier alpha value is -2.19. The summed E-state index contributed by atoms with van der Waals surface area (Å²) in [7, 11) is 2.05. The van der Waals surface area contributed by atoms with E-state index in [0.29, 0.717) is 12.5 Å². The molecule has 1 saturated heterocycles. The van der Waals surface area contributed by atoms with E-state index in [1.165, 1.54) is 6.26 Å². The van der Waals surface area contributed by atoms with Crippen LogP contribution >= 0.6 is 0 Å². The van der Waals surface area contributed by atoms with E-state index < -0.39 is 10.0 Å². The molecule has 0 amide bonds. The predicted molar refractivity (Wildman–Crippen MR) is 102 cm³/mol. The number of nitrogens with zero attached hydrogens (tertiary/aromatic N) is 4. The van der Waals surface area contributed by atoms with Gasteiger partial charge >= 0.3 is 0 Å². The number of hydrogen-bond donors (Lipinski definition) is 0. The van der Waals surface area contributed by atoms with Gasteiger partial charge in [0.15, 0.2) is 0 Å². The van der Waals surface area contributed by atoms with Crippen LogP contribution in [-0.4, -0.2) is 56.7 Å². The molecule has 2 heterocycles. The second kappa shape index (κ2) is 7.20. The maximum atomic E-state index is 12.2. The van der Waals surface area contributed by atoms with Crippen molar-refractivity contribution in [1.82, 2.24) is 14.3 Å². The Morgan fingerprint density at radius 3 is 2.73 bits per heavy atom. The molecule has 0 bridgehead atoms. The lowest BCUT2D eigenvalue weighted by Crippen LogP contribution is -2.30. The first-order valence-corrected chi connectivity index (χ1v) is 10.3. The highest BCUT2D eigenvalue weighted by Gasteiger charge is 2.35. The third kappa shape index (κ3) is 3.66. The van der Waals surface area contributed by atoms with Crippen molar-refractivity contribution >= 4 is 16.0 Å². The SMILES string of the molecule is COc1cccc(-c2cnc(N(C)C)nc2C2CCCN2S(C)(=O)=O)c1. The highest BCUT2D eigenvalue weighted by Crippen LogP contribution is 2.38. The molecule has 1 atom stereocenters. The first kappa shape index (κ1) is 18.6. The van der Waals surface area contributed by atoms with Crippen LogP contribution in [0.1, 0.15) is 24.6 Å². The van der Waals surface area contributed by atoms with Gasteiger partial charge < -0.3 is 9.64 Å². The van der Waals surface area contributed by atoms with Crippen LogP contribution in [0, 0.1) is 0 Å². The zero-order chi connectivity index (χ0) is 18.9. The number of hydrogen-bond acceptors (Lipinski definition) is 6. The summed E-state index contributed by atoms with van der Waals surface area (Å²) in [6, 6.07) is 7.36. The summed E-state index contributed by atoms with van der Waals surface area (Å²) in [6.07, 6.45) is 4.58. The maximum absolute atomic E-state index is 12.2. The summed E-state index contributed by atoms with van der Waals surface area (Å²) in [5, 5.41) is 0. The summed E-state index contributed by atoms with van der Waals surface area (Å²) in [5.41, 5.74) is 2.47. The first-order chi connectivity index (χ1) is 12.3. The topological polar surface area (TPSA) is 75.6 Å². The van der Waals surface area contributed by atoms with E-state index in [0.717, 1.165) is 35.4 Å². The van der Waals surface area contributed by atoms with Gasteiger partial charge in [0.2, 0.25) is 16.0 Å². The Kier molecular flexibility index (Phi) is 5.15. The van der Waals surface area contributed by atoms with Crippen LogP contribution in [0.3, 0.4) is 0 Å². The number of rotatable bonds is 5. The molecule has 0 N–H and O–H groups in total. The average Bonchev–Trinajstić information content (AvgIpc) is 3.11. The molecule has 1 aromatic heterocycles. The number of sulfonamides is 1. The second-order valence-corrected chi connectivity index (χ2v) is 8.56. The van der Waals surface area contributed by atoms with Crippen molar-refractivity contribution < 1.29 is 13.2 Å². The van der Waals surface area contributed by atoms with Crippen molar-refractivity contribution in [3.8, 4) is 16.9 Å². The molecular formula is C18H24N4O3S. The van der Waals surface area contributed by atoms with Gasteiger partial charge in [-0.1, -0.05) is 12.1 Å². The molecule has 26 heavy (non-hydrogen) atoms. The molecule has 1 aliphatic heterocycles. The molecule has 0 saturated carbocycles. The number of ether oxygens (including phenoxy) is 1. The van der Waals surface area contributed by atoms with Crippen LogP contribution in [0.4, 0.5) is 5.95 Å². The minimum atomic E-state index is -3.31. The first-order valence-electron chi connectivity index (χ1n) is 8.46. The van der Waals surface area contributed by atoms with Crippen molar-refractivity contribution in [2.75, 3.05) is 38.9 Å². The molecule has 7 nitrogen and oxygen atoms in total. The Morgan fingerprint density at radius 2 is 2.08 bits per heavy atom. The molecule has 1 unspecified atom stereocenters. The molecule has 8 heteroatoms. The summed E-state index contributed by atoms with van der Waals surface area (Å²) >= 11 is 0. The standard InChI is InChI=1S/C18H24N4O3S/c1-21(2)18-19-12-15(13-7-5-8-14(11-13)25-3)17(20-18)16-9-6-10-22(16)26(4,23)24/h5,7-8,11-12,16H,6,9-10H2,1-4H3. The molecule has 0 spiro atoms. The molecule has 1 fully saturated rings. The van der Waals surface area contributed by atoms with Crippen LogP contribution < -0.4 is 9.64 Å². The lowest BCUT2D eigenvalue weighted by molar-refractivity contribution is 0.394. The largest absolute Gasteiger partial charge is 0.497 e. The summed E-state index contributed by atoms with van der Waals surface area (Å²) in [4.78, 5) is 11.0. The highest BCUT2D eigenvalue weighted by atomic mass is 32.2. The third-order valence-electron chi connectivity index (χ3n) is 4.53. The maximum Gasteiger partial charge on any atom is 0.225 e. The molecule has 0 radical (unpaired) electrons. The van der Waals surface area contributed by atoms with E-state index in [2.05, 4.69) is 4.98 Å². The number of anilines is 1. The van der Waals surface area contributed by atoms with Crippen molar-refractivity contribution in [1.29, 1.82) is 0 Å². The molecule has 1 aromatic carbocycles. The fourth-order valence-electron chi connectivity index (χ4n) is 3.28. The smallest absolute Gasteiger partial charge is 0.225 e. The molecule has 2 aromatic rings. The average molecular weight is 376 g/mol. The van der Waals surface area contributed by atoms with Crippen LogP contribution in [-0.2, 0) is 10.0 Å². The zero-order valence-corrected chi connectivity index (χ0v) is 16.3. The zero-order valence-electron chi connectivity index (χ0n) is 15.5. The van der Waals surface area contributed by atoms with E-state index in [1.807, 2.05) is 43.3 Å². The predicted octanol–water partition coefficient (Wildman–Crippen LogP) is 2.31. The number of aromatic nitrogens is 2. The summed E-state index contributed by atoms with van der Waals surface area (Å²) in [6.45, 7) is 0.516. The van der Waals surface area contributed by atoms with Gasteiger partial charge in [0.1, 0.15) is 5.75 Å². The van der Waals surface area contributed by atoms with Gasteiger partial charge in [0.25, 0.3) is 0 Å². The van der Waals surface area contributed by atoms with Crippen molar-refractivity contribution in [2.24, 2.45) is 0 Å². The number of methoxy groups -OCH3 is 1. The van der Waals surface area contributed by atoms with Crippen molar-refractivity contribution in [3.63, 3.8) is 0 Å². The lowest BCUT2D eigenvalue weighted by Gasteiger charge is -2.25. The molecule has 1 aliphatic rings. The van der Waals surface area contributed by atoms with Gasteiger partial charge in [-0.2, -0.15) is 4.31 Å². The van der Waals surface area contributed by atoms with E-state index in [1.54, 1.807) is 17.6 Å². The minimum Gasteiger partial charge on any atom is -0.497 e. The van der Waals surface area contributed by atoms with Gasteiger partial charge in [-0.25, -0.2) is 18.4 Å². The number of benzene rings is 1. The minimum absolute atomic E-state index is 0.284. The monoisotopic (exact) mass is 376 g/mol. The molecule has 3 rings (SSSR count). The fraction of sp³-hybridized carbons (Fsp3) is 0.444. The van der Waals surface area contributed by atoms with Crippen molar-refractivity contribution in [3.05, 3.63) is 36.2 Å². The van der Waals surface area contributed by atoms with Crippen molar-refractivity contribution in [2.45, 2.75) is 18.9 Å². The van der Waals surface area contributed by atoms with E-state index in [4.69, 9.17) is 9.72 Å². The van der Waals surface area contributed by atoms with Gasteiger partial charge in [-0.15, -0.1) is 0 Å².